The van der Waals surface area contributed by atoms with Crippen LogP contribution in [0.4, 0.5) is 5.69 Å². The molecule has 0 aliphatic carbocycles. The molecule has 1 atom stereocenters. The highest BCUT2D eigenvalue weighted by Crippen LogP contribution is 2.25. The molecule has 21 heavy (non-hydrogen) atoms. The minimum Gasteiger partial charge on any atom is -0.286 e. The molecule has 2 aromatic carbocycles. The van der Waals surface area contributed by atoms with Gasteiger partial charge in [0.25, 0.3) is 0 Å². The van der Waals surface area contributed by atoms with Gasteiger partial charge in [-0.25, -0.2) is 0 Å². The Balaban J connectivity index is 1.55. The fourth-order valence-electron chi connectivity index (χ4n) is 2.37. The number of anilines is 1. The van der Waals surface area contributed by atoms with E-state index >= 15 is 0 Å². The highest BCUT2D eigenvalue weighted by molar-refractivity contribution is 7.99. The fourth-order valence-corrected chi connectivity index (χ4v) is 3.43. The van der Waals surface area contributed by atoms with Crippen molar-refractivity contribution in [3.63, 3.8) is 0 Å². The van der Waals surface area contributed by atoms with Crippen molar-refractivity contribution in [2.24, 2.45) is 5.92 Å². The van der Waals surface area contributed by atoms with Crippen molar-refractivity contribution in [3.05, 3.63) is 60.7 Å². The third-order valence-electron chi connectivity index (χ3n) is 3.58. The number of carbonyl (C=O) groups is 1. The Morgan fingerprint density at radius 3 is 2.38 bits per heavy atom. The van der Waals surface area contributed by atoms with Crippen LogP contribution in [0, 0.1) is 5.92 Å². The Bertz CT molecular complexity index is 588. The molecule has 1 aliphatic rings. The standard InChI is InChI=1S/C17H18N2OS/c20-17-14(13-21-16-9-5-2-6-10-16)11-12-19(18-17)15-7-3-1-4-8-15/h1-10,14H,11-13H2,(H,18,20). The fraction of sp³-hybridized carbons (Fsp3) is 0.235. The van der Waals surface area contributed by atoms with Gasteiger partial charge < -0.3 is 0 Å². The minimum atomic E-state index is 0.0789. The SMILES string of the molecule is O=C1NN(c2ccccc2)CCC1CSc1ccccc1. The minimum absolute atomic E-state index is 0.0789. The zero-order chi connectivity index (χ0) is 14.5. The Morgan fingerprint density at radius 1 is 1.05 bits per heavy atom. The number of amides is 1. The highest BCUT2D eigenvalue weighted by Gasteiger charge is 2.26. The average Bonchev–Trinajstić information content (AvgIpc) is 2.55. The molecule has 1 saturated heterocycles. The predicted molar refractivity (Wildman–Crippen MR) is 87.2 cm³/mol. The maximum atomic E-state index is 12.2. The summed E-state index contributed by atoms with van der Waals surface area (Å²) in [5, 5.41) is 1.94. The molecule has 1 unspecified atom stereocenters. The topological polar surface area (TPSA) is 32.3 Å². The van der Waals surface area contributed by atoms with E-state index in [9.17, 15) is 4.79 Å². The van der Waals surface area contributed by atoms with Gasteiger partial charge >= 0.3 is 0 Å². The van der Waals surface area contributed by atoms with Crippen LogP contribution in [0.2, 0.25) is 0 Å². The maximum Gasteiger partial charge on any atom is 0.242 e. The maximum absolute atomic E-state index is 12.2. The largest absolute Gasteiger partial charge is 0.286 e. The van der Waals surface area contributed by atoms with Crippen LogP contribution in [0.25, 0.3) is 0 Å². The summed E-state index contributed by atoms with van der Waals surface area (Å²) in [6.07, 6.45) is 0.889. The van der Waals surface area contributed by atoms with E-state index in [0.29, 0.717) is 0 Å². The van der Waals surface area contributed by atoms with Gasteiger partial charge in [-0.2, -0.15) is 0 Å². The van der Waals surface area contributed by atoms with Gasteiger partial charge in [0.2, 0.25) is 5.91 Å². The molecule has 108 valence electrons. The second-order valence-electron chi connectivity index (χ2n) is 5.07. The number of nitrogens with zero attached hydrogens (tertiary/aromatic N) is 1. The third kappa shape index (κ3) is 3.58. The molecule has 3 rings (SSSR count). The van der Waals surface area contributed by atoms with Crippen LogP contribution in [0.1, 0.15) is 6.42 Å². The van der Waals surface area contributed by atoms with Crippen molar-refractivity contribution in [1.82, 2.24) is 5.43 Å². The summed E-state index contributed by atoms with van der Waals surface area (Å²) < 4.78 is 0. The first-order valence-corrected chi connectivity index (χ1v) is 8.12. The van der Waals surface area contributed by atoms with Gasteiger partial charge in [-0.3, -0.25) is 15.2 Å². The molecule has 1 heterocycles. The second-order valence-corrected chi connectivity index (χ2v) is 6.17. The molecule has 1 amide bonds. The Morgan fingerprint density at radius 2 is 1.71 bits per heavy atom. The summed E-state index contributed by atoms with van der Waals surface area (Å²) in [5.74, 6) is 1.03. The molecule has 0 aromatic heterocycles. The molecular weight excluding hydrogens is 280 g/mol. The third-order valence-corrected chi connectivity index (χ3v) is 4.75. The lowest BCUT2D eigenvalue weighted by Crippen LogP contribution is -2.51. The van der Waals surface area contributed by atoms with Gasteiger partial charge in [0.1, 0.15) is 0 Å². The molecule has 0 saturated carbocycles. The van der Waals surface area contributed by atoms with Crippen LogP contribution in [0.15, 0.2) is 65.6 Å². The number of hydrogen-bond acceptors (Lipinski definition) is 3. The predicted octanol–water partition coefficient (Wildman–Crippen LogP) is 3.34. The normalized spacial score (nSPS) is 18.4. The van der Waals surface area contributed by atoms with Crippen molar-refractivity contribution < 1.29 is 4.79 Å². The van der Waals surface area contributed by atoms with E-state index in [-0.39, 0.29) is 11.8 Å². The number of carbonyl (C=O) groups excluding carboxylic acids is 1. The molecular formula is C17H18N2OS. The first-order valence-electron chi connectivity index (χ1n) is 7.14. The van der Waals surface area contributed by atoms with E-state index in [0.717, 1.165) is 24.4 Å². The Labute approximate surface area is 129 Å². The molecule has 2 aromatic rings. The average molecular weight is 298 g/mol. The van der Waals surface area contributed by atoms with Gasteiger partial charge in [0.05, 0.1) is 11.6 Å². The number of thioether (sulfide) groups is 1. The van der Waals surface area contributed by atoms with Crippen molar-refractivity contribution in [1.29, 1.82) is 0 Å². The van der Waals surface area contributed by atoms with Crippen LogP contribution in [-0.4, -0.2) is 18.2 Å². The number of hydrogen-bond donors (Lipinski definition) is 1. The van der Waals surface area contributed by atoms with Crippen molar-refractivity contribution >= 4 is 23.4 Å². The summed E-state index contributed by atoms with van der Waals surface area (Å²) in [4.78, 5) is 13.5. The van der Waals surface area contributed by atoms with Crippen LogP contribution < -0.4 is 10.4 Å². The molecule has 1 aliphatic heterocycles. The first-order chi connectivity index (χ1) is 10.3. The zero-order valence-corrected chi connectivity index (χ0v) is 12.6. The molecule has 1 fully saturated rings. The molecule has 0 spiro atoms. The van der Waals surface area contributed by atoms with Gasteiger partial charge in [0, 0.05) is 17.2 Å². The van der Waals surface area contributed by atoms with Crippen LogP contribution in [0.5, 0.6) is 0 Å². The summed E-state index contributed by atoms with van der Waals surface area (Å²) in [5.41, 5.74) is 4.04. The summed E-state index contributed by atoms with van der Waals surface area (Å²) >= 11 is 1.75. The van der Waals surface area contributed by atoms with Crippen molar-refractivity contribution in [3.8, 4) is 0 Å². The van der Waals surface area contributed by atoms with E-state index in [1.54, 1.807) is 11.8 Å². The van der Waals surface area contributed by atoms with Crippen LogP contribution >= 0.6 is 11.8 Å². The summed E-state index contributed by atoms with van der Waals surface area (Å²) in [7, 11) is 0. The smallest absolute Gasteiger partial charge is 0.242 e. The molecule has 0 bridgehead atoms. The molecule has 1 N–H and O–H groups in total. The lowest BCUT2D eigenvalue weighted by atomic mass is 10.1. The molecule has 3 nitrogen and oxygen atoms in total. The van der Waals surface area contributed by atoms with Crippen molar-refractivity contribution in [2.75, 3.05) is 17.3 Å². The van der Waals surface area contributed by atoms with Crippen LogP contribution in [-0.2, 0) is 4.79 Å². The van der Waals surface area contributed by atoms with E-state index in [1.165, 1.54) is 4.90 Å². The van der Waals surface area contributed by atoms with Crippen LogP contribution in [0.3, 0.4) is 0 Å². The Hall–Kier alpha value is -1.94. The lowest BCUT2D eigenvalue weighted by Gasteiger charge is -2.33. The van der Waals surface area contributed by atoms with E-state index in [4.69, 9.17) is 0 Å². The Kier molecular flexibility index (Phi) is 4.46. The molecule has 0 radical (unpaired) electrons. The lowest BCUT2D eigenvalue weighted by molar-refractivity contribution is -0.125. The number of hydrazine groups is 1. The highest BCUT2D eigenvalue weighted by atomic mass is 32.2. The molecule has 4 heteroatoms. The second kappa shape index (κ2) is 6.68. The van der Waals surface area contributed by atoms with E-state index < -0.39 is 0 Å². The summed E-state index contributed by atoms with van der Waals surface area (Å²) in [6.45, 7) is 0.857. The quantitative estimate of drug-likeness (QED) is 0.879. The number of para-hydroxylation sites is 1. The monoisotopic (exact) mass is 298 g/mol. The van der Waals surface area contributed by atoms with Crippen molar-refractivity contribution in [2.45, 2.75) is 11.3 Å². The van der Waals surface area contributed by atoms with Gasteiger partial charge in [-0.1, -0.05) is 36.4 Å². The first kappa shape index (κ1) is 14.0. The van der Waals surface area contributed by atoms with Gasteiger partial charge in [0.15, 0.2) is 0 Å². The number of benzene rings is 2. The van der Waals surface area contributed by atoms with Gasteiger partial charge in [-0.15, -0.1) is 11.8 Å². The number of nitrogens with one attached hydrogen (secondary N) is 1. The number of rotatable bonds is 4. The summed E-state index contributed by atoms with van der Waals surface area (Å²) in [6, 6.07) is 20.2. The van der Waals surface area contributed by atoms with Gasteiger partial charge in [-0.05, 0) is 30.7 Å². The zero-order valence-electron chi connectivity index (χ0n) is 11.7. The van der Waals surface area contributed by atoms with E-state index in [2.05, 4.69) is 17.6 Å². The van der Waals surface area contributed by atoms with E-state index in [1.807, 2.05) is 53.5 Å².